The maximum Gasteiger partial charge on any atom is 0.322 e. The first kappa shape index (κ1) is 13.8. The summed E-state index contributed by atoms with van der Waals surface area (Å²) < 4.78 is 0. The van der Waals surface area contributed by atoms with Crippen LogP contribution in [0, 0.1) is 0 Å². The van der Waals surface area contributed by atoms with E-state index in [2.05, 4.69) is 20.9 Å². The lowest BCUT2D eigenvalue weighted by molar-refractivity contribution is -0.124. The van der Waals surface area contributed by atoms with E-state index in [0.29, 0.717) is 5.69 Å². The van der Waals surface area contributed by atoms with Gasteiger partial charge in [-0.3, -0.25) is 14.9 Å². The Morgan fingerprint density at radius 3 is 2.65 bits per heavy atom. The molecule has 8 nitrogen and oxygen atoms in total. The van der Waals surface area contributed by atoms with Gasteiger partial charge in [-0.25, -0.2) is 9.78 Å². The van der Waals surface area contributed by atoms with E-state index in [0.717, 1.165) is 5.82 Å². The van der Waals surface area contributed by atoms with Crippen LogP contribution in [0.3, 0.4) is 0 Å². The number of carbonyl (C=O) groups is 3. The molecular formula is C12H15N5O3. The second-order valence-electron chi connectivity index (χ2n) is 4.57. The molecular weight excluding hydrogens is 262 g/mol. The third-order valence-corrected chi connectivity index (χ3v) is 2.74. The molecule has 1 aliphatic rings. The Morgan fingerprint density at radius 1 is 1.40 bits per heavy atom. The van der Waals surface area contributed by atoms with Gasteiger partial charge in [0.15, 0.2) is 0 Å². The quantitative estimate of drug-likeness (QED) is 0.655. The molecule has 1 saturated heterocycles. The zero-order valence-corrected chi connectivity index (χ0v) is 11.1. The van der Waals surface area contributed by atoms with Crippen LogP contribution in [0.1, 0.15) is 6.42 Å². The van der Waals surface area contributed by atoms with E-state index in [-0.39, 0.29) is 12.3 Å². The fourth-order valence-electron chi connectivity index (χ4n) is 1.72. The Balaban J connectivity index is 1.91. The van der Waals surface area contributed by atoms with Crippen molar-refractivity contribution in [2.75, 3.05) is 24.3 Å². The van der Waals surface area contributed by atoms with Gasteiger partial charge in [0.25, 0.3) is 5.91 Å². The summed E-state index contributed by atoms with van der Waals surface area (Å²) in [6.45, 7) is 0. The molecule has 4 amide bonds. The van der Waals surface area contributed by atoms with E-state index in [1.165, 1.54) is 6.20 Å². The maximum atomic E-state index is 11.8. The molecule has 20 heavy (non-hydrogen) atoms. The van der Waals surface area contributed by atoms with Gasteiger partial charge in [-0.2, -0.15) is 0 Å². The fraction of sp³-hybridized carbons (Fsp3) is 0.333. The van der Waals surface area contributed by atoms with Crippen LogP contribution >= 0.6 is 0 Å². The van der Waals surface area contributed by atoms with Crippen LogP contribution in [-0.4, -0.2) is 43.0 Å². The molecule has 1 aliphatic heterocycles. The molecule has 0 aromatic carbocycles. The molecule has 1 aromatic heterocycles. The predicted octanol–water partition coefficient (Wildman–Crippen LogP) is -0.316. The van der Waals surface area contributed by atoms with Gasteiger partial charge in [0, 0.05) is 14.1 Å². The Bertz CT molecular complexity index is 541. The van der Waals surface area contributed by atoms with Crippen LogP contribution in [0.25, 0.3) is 0 Å². The highest BCUT2D eigenvalue weighted by Gasteiger charge is 2.31. The minimum absolute atomic E-state index is 0.118. The highest BCUT2D eigenvalue weighted by molar-refractivity contribution is 6.06. The summed E-state index contributed by atoms with van der Waals surface area (Å²) >= 11 is 0. The minimum atomic E-state index is -0.823. The molecule has 1 aromatic rings. The summed E-state index contributed by atoms with van der Waals surface area (Å²) in [5.41, 5.74) is 0.533. The van der Waals surface area contributed by atoms with Gasteiger partial charge >= 0.3 is 6.03 Å². The van der Waals surface area contributed by atoms with Crippen LogP contribution in [0.5, 0.6) is 0 Å². The molecule has 1 atom stereocenters. The van der Waals surface area contributed by atoms with Gasteiger partial charge in [-0.05, 0) is 12.1 Å². The van der Waals surface area contributed by atoms with E-state index in [1.807, 2.05) is 19.0 Å². The molecule has 0 spiro atoms. The minimum Gasteiger partial charge on any atom is -0.363 e. The fourth-order valence-corrected chi connectivity index (χ4v) is 1.72. The smallest absolute Gasteiger partial charge is 0.322 e. The third-order valence-electron chi connectivity index (χ3n) is 2.74. The van der Waals surface area contributed by atoms with Gasteiger partial charge in [0.1, 0.15) is 11.9 Å². The Morgan fingerprint density at radius 2 is 2.15 bits per heavy atom. The van der Waals surface area contributed by atoms with Crippen molar-refractivity contribution in [2.45, 2.75) is 12.5 Å². The number of carbonyl (C=O) groups excluding carboxylic acids is 3. The largest absolute Gasteiger partial charge is 0.363 e. The van der Waals surface area contributed by atoms with Crippen molar-refractivity contribution in [2.24, 2.45) is 0 Å². The van der Waals surface area contributed by atoms with Crippen molar-refractivity contribution in [3.05, 3.63) is 18.3 Å². The summed E-state index contributed by atoms with van der Waals surface area (Å²) in [5.74, 6) is -0.0941. The van der Waals surface area contributed by atoms with Crippen molar-refractivity contribution >= 4 is 29.4 Å². The number of urea groups is 1. The number of rotatable bonds is 4. The number of hydrogen-bond acceptors (Lipinski definition) is 5. The topological polar surface area (TPSA) is 103 Å². The first-order valence-corrected chi connectivity index (χ1v) is 6.00. The van der Waals surface area contributed by atoms with Crippen LogP contribution in [-0.2, 0) is 9.59 Å². The Hall–Kier alpha value is -2.64. The maximum absolute atomic E-state index is 11.8. The van der Waals surface area contributed by atoms with E-state index >= 15 is 0 Å². The molecule has 0 radical (unpaired) electrons. The number of aromatic nitrogens is 1. The van der Waals surface area contributed by atoms with Crippen molar-refractivity contribution < 1.29 is 14.4 Å². The van der Waals surface area contributed by atoms with Crippen LogP contribution in [0.15, 0.2) is 18.3 Å². The third kappa shape index (κ3) is 3.22. The van der Waals surface area contributed by atoms with E-state index in [4.69, 9.17) is 0 Å². The van der Waals surface area contributed by atoms with Gasteiger partial charge in [-0.1, -0.05) is 0 Å². The molecule has 106 valence electrons. The van der Waals surface area contributed by atoms with Gasteiger partial charge < -0.3 is 15.5 Å². The number of nitrogens with zero attached hydrogens (tertiary/aromatic N) is 2. The summed E-state index contributed by atoms with van der Waals surface area (Å²) in [4.78, 5) is 40.0. The lowest BCUT2D eigenvalue weighted by atomic mass is 10.2. The number of hydrogen-bond donors (Lipinski definition) is 3. The van der Waals surface area contributed by atoms with E-state index < -0.39 is 18.0 Å². The number of pyridine rings is 1. The molecule has 8 heteroatoms. The molecule has 0 unspecified atom stereocenters. The summed E-state index contributed by atoms with van der Waals surface area (Å²) in [5, 5.41) is 7.05. The van der Waals surface area contributed by atoms with Gasteiger partial charge in [0.05, 0.1) is 18.3 Å². The van der Waals surface area contributed by atoms with Crippen LogP contribution in [0.4, 0.5) is 16.3 Å². The molecule has 2 rings (SSSR count). The van der Waals surface area contributed by atoms with Gasteiger partial charge in [0.2, 0.25) is 5.91 Å². The second-order valence-corrected chi connectivity index (χ2v) is 4.57. The van der Waals surface area contributed by atoms with Crippen LogP contribution in [0.2, 0.25) is 0 Å². The lowest BCUT2D eigenvalue weighted by Crippen LogP contribution is -2.33. The summed E-state index contributed by atoms with van der Waals surface area (Å²) in [6.07, 6.45) is 1.41. The van der Waals surface area contributed by atoms with Crippen molar-refractivity contribution in [1.82, 2.24) is 15.6 Å². The molecule has 0 saturated carbocycles. The first-order chi connectivity index (χ1) is 9.45. The normalized spacial score (nSPS) is 17.4. The average Bonchev–Trinajstić information content (AvgIpc) is 2.68. The zero-order valence-electron chi connectivity index (χ0n) is 11.1. The molecule has 0 bridgehead atoms. The number of amides is 4. The SMILES string of the molecule is CN(C)c1ccc(NC(=O)C[C@H]2NC(=O)NC2=O)cn1. The standard InChI is InChI=1S/C12H15N5O3/c1-17(2)9-4-3-7(6-13-9)14-10(18)5-8-11(19)16-12(20)15-8/h3-4,6,8H,5H2,1-2H3,(H,14,18)(H2,15,16,19,20)/t8-/m1/s1. The number of nitrogens with one attached hydrogen (secondary N) is 3. The number of anilines is 2. The van der Waals surface area contributed by atoms with Gasteiger partial charge in [-0.15, -0.1) is 0 Å². The highest BCUT2D eigenvalue weighted by atomic mass is 16.2. The molecule has 0 aliphatic carbocycles. The van der Waals surface area contributed by atoms with Crippen molar-refractivity contribution in [1.29, 1.82) is 0 Å². The molecule has 2 heterocycles. The highest BCUT2D eigenvalue weighted by Crippen LogP contribution is 2.12. The Kier molecular flexibility index (Phi) is 3.83. The predicted molar refractivity (Wildman–Crippen MR) is 72.3 cm³/mol. The monoisotopic (exact) mass is 277 g/mol. The van der Waals surface area contributed by atoms with E-state index in [1.54, 1.807) is 12.1 Å². The molecule has 3 N–H and O–H groups in total. The molecule has 1 fully saturated rings. The van der Waals surface area contributed by atoms with Crippen molar-refractivity contribution in [3.8, 4) is 0 Å². The Labute approximate surface area is 115 Å². The summed E-state index contributed by atoms with van der Waals surface area (Å²) in [7, 11) is 3.73. The lowest BCUT2D eigenvalue weighted by Gasteiger charge is -2.12. The second kappa shape index (κ2) is 5.55. The van der Waals surface area contributed by atoms with E-state index in [9.17, 15) is 14.4 Å². The van der Waals surface area contributed by atoms with Crippen LogP contribution < -0.4 is 20.9 Å². The zero-order chi connectivity index (χ0) is 14.7. The average molecular weight is 277 g/mol. The number of imide groups is 1. The first-order valence-electron chi connectivity index (χ1n) is 6.00. The summed E-state index contributed by atoms with van der Waals surface area (Å²) in [6, 6.07) is 2.08. The van der Waals surface area contributed by atoms with Crippen molar-refractivity contribution in [3.63, 3.8) is 0 Å².